The Kier molecular flexibility index (Phi) is 6.09. The standard InChI is InChI=1S/C27H28O5/c1-28-24-23-22(31-26(32-23)25(24)29-2)18-30-27(19-12-6-3-7-13-19,20-14-8-4-9-15-20)21-16-10-5-11-17-21/h3-17,22-26H,18H2,1-2H3/t22-,23-,24+,25-,26-/m1/s1. The van der Waals surface area contributed by atoms with E-state index in [0.717, 1.165) is 16.7 Å². The van der Waals surface area contributed by atoms with Gasteiger partial charge in [0.05, 0.1) is 6.61 Å². The molecule has 0 amide bonds. The Bertz CT molecular complexity index is 898. The third-order valence-electron chi connectivity index (χ3n) is 6.43. The number of methoxy groups -OCH3 is 2. The maximum Gasteiger partial charge on any atom is 0.187 e. The van der Waals surface area contributed by atoms with Crippen molar-refractivity contribution in [3.8, 4) is 0 Å². The van der Waals surface area contributed by atoms with Crippen LogP contribution in [0, 0.1) is 0 Å². The molecule has 0 N–H and O–H groups in total. The van der Waals surface area contributed by atoms with Crippen LogP contribution in [0.4, 0.5) is 0 Å². The van der Waals surface area contributed by atoms with E-state index in [9.17, 15) is 0 Å². The summed E-state index contributed by atoms with van der Waals surface area (Å²) in [4.78, 5) is 0. The van der Waals surface area contributed by atoms with E-state index in [0.29, 0.717) is 6.61 Å². The highest BCUT2D eigenvalue weighted by Crippen LogP contribution is 2.43. The number of hydrogen-bond donors (Lipinski definition) is 0. The monoisotopic (exact) mass is 432 g/mol. The van der Waals surface area contributed by atoms with E-state index in [1.165, 1.54) is 0 Å². The fourth-order valence-electron chi connectivity index (χ4n) is 4.93. The first-order valence-corrected chi connectivity index (χ1v) is 10.9. The Morgan fingerprint density at radius 1 is 0.656 bits per heavy atom. The molecule has 0 saturated carbocycles. The van der Waals surface area contributed by atoms with E-state index < -0.39 is 11.9 Å². The minimum absolute atomic E-state index is 0.188. The lowest BCUT2D eigenvalue weighted by Crippen LogP contribution is -2.50. The average molecular weight is 433 g/mol. The van der Waals surface area contributed by atoms with E-state index in [1.54, 1.807) is 14.2 Å². The van der Waals surface area contributed by atoms with Gasteiger partial charge < -0.3 is 23.7 Å². The maximum atomic E-state index is 6.88. The number of fused-ring (bicyclic) bond motifs is 2. The molecule has 3 aromatic rings. The van der Waals surface area contributed by atoms with Gasteiger partial charge in [0.15, 0.2) is 6.29 Å². The number of ether oxygens (including phenoxy) is 5. The van der Waals surface area contributed by atoms with Crippen LogP contribution >= 0.6 is 0 Å². The van der Waals surface area contributed by atoms with Crippen LogP contribution in [0.3, 0.4) is 0 Å². The van der Waals surface area contributed by atoms with Gasteiger partial charge in [-0.3, -0.25) is 0 Å². The summed E-state index contributed by atoms with van der Waals surface area (Å²) in [6.45, 7) is 0.343. The van der Waals surface area contributed by atoms with Crippen LogP contribution in [0.2, 0.25) is 0 Å². The largest absolute Gasteiger partial charge is 0.376 e. The lowest BCUT2D eigenvalue weighted by molar-refractivity contribution is -0.168. The molecule has 0 radical (unpaired) electrons. The number of rotatable bonds is 8. The highest BCUT2D eigenvalue weighted by atomic mass is 16.8. The van der Waals surface area contributed by atoms with Crippen LogP contribution in [0.5, 0.6) is 0 Å². The van der Waals surface area contributed by atoms with E-state index >= 15 is 0 Å². The second-order valence-corrected chi connectivity index (χ2v) is 8.13. The van der Waals surface area contributed by atoms with Crippen LogP contribution in [-0.4, -0.2) is 51.5 Å². The van der Waals surface area contributed by atoms with Crippen molar-refractivity contribution in [1.82, 2.24) is 0 Å². The SMILES string of the molecule is CO[C@@H]1[C@@H](OC)[C@H]2O[C@@H]1[C@@H](COC(c1ccccc1)(c1ccccc1)c1ccccc1)O2. The molecule has 3 aromatic carbocycles. The molecule has 5 rings (SSSR count). The minimum Gasteiger partial charge on any atom is -0.376 e. The Morgan fingerprint density at radius 2 is 1.12 bits per heavy atom. The molecule has 2 fully saturated rings. The van der Waals surface area contributed by atoms with Crippen LogP contribution in [0.15, 0.2) is 91.0 Å². The van der Waals surface area contributed by atoms with Crippen molar-refractivity contribution in [1.29, 1.82) is 0 Å². The first-order chi connectivity index (χ1) is 15.8. The molecule has 0 aromatic heterocycles. The van der Waals surface area contributed by atoms with Crippen molar-refractivity contribution >= 4 is 0 Å². The van der Waals surface area contributed by atoms with Crippen molar-refractivity contribution < 1.29 is 23.7 Å². The van der Waals surface area contributed by atoms with Crippen LogP contribution in [-0.2, 0) is 29.3 Å². The molecule has 2 heterocycles. The molecule has 2 bridgehead atoms. The molecular formula is C27H28O5. The van der Waals surface area contributed by atoms with E-state index in [2.05, 4.69) is 36.4 Å². The van der Waals surface area contributed by atoms with Crippen LogP contribution in [0.1, 0.15) is 16.7 Å². The summed E-state index contributed by atoms with van der Waals surface area (Å²) in [6, 6.07) is 31.0. The first-order valence-electron chi connectivity index (χ1n) is 10.9. The fourth-order valence-corrected chi connectivity index (χ4v) is 4.93. The van der Waals surface area contributed by atoms with E-state index in [-0.39, 0.29) is 24.4 Å². The third kappa shape index (κ3) is 3.56. The zero-order chi connectivity index (χ0) is 22.0. The summed E-state index contributed by atoms with van der Waals surface area (Å²) >= 11 is 0. The van der Waals surface area contributed by atoms with Crippen molar-refractivity contribution in [2.24, 2.45) is 0 Å². The molecule has 5 atom stereocenters. The predicted octanol–water partition coefficient (Wildman–Crippen LogP) is 4.15. The van der Waals surface area contributed by atoms with Gasteiger partial charge in [-0.1, -0.05) is 91.0 Å². The van der Waals surface area contributed by atoms with Gasteiger partial charge in [0.2, 0.25) is 0 Å². The van der Waals surface area contributed by atoms with Gasteiger partial charge in [0.25, 0.3) is 0 Å². The van der Waals surface area contributed by atoms with Crippen molar-refractivity contribution in [2.45, 2.75) is 36.3 Å². The molecule has 166 valence electrons. The summed E-state index contributed by atoms with van der Waals surface area (Å²) < 4.78 is 30.3. The van der Waals surface area contributed by atoms with Crippen molar-refractivity contribution in [2.75, 3.05) is 20.8 Å². The smallest absolute Gasteiger partial charge is 0.187 e. The summed E-state index contributed by atoms with van der Waals surface area (Å²) in [5.41, 5.74) is 2.37. The Labute approximate surface area is 188 Å². The molecule has 0 aliphatic carbocycles. The van der Waals surface area contributed by atoms with E-state index in [4.69, 9.17) is 23.7 Å². The third-order valence-corrected chi connectivity index (χ3v) is 6.43. The first kappa shape index (κ1) is 21.3. The zero-order valence-electron chi connectivity index (χ0n) is 18.3. The molecule has 32 heavy (non-hydrogen) atoms. The van der Waals surface area contributed by atoms with Crippen LogP contribution < -0.4 is 0 Å². The predicted molar refractivity (Wildman–Crippen MR) is 120 cm³/mol. The Balaban J connectivity index is 1.53. The van der Waals surface area contributed by atoms with Gasteiger partial charge in [-0.2, -0.15) is 0 Å². The summed E-state index contributed by atoms with van der Waals surface area (Å²) in [5.74, 6) is 0. The molecule has 2 aliphatic heterocycles. The Morgan fingerprint density at radius 3 is 1.56 bits per heavy atom. The second-order valence-electron chi connectivity index (χ2n) is 8.13. The Hall–Kier alpha value is -2.54. The normalized spacial score (nSPS) is 27.0. The fraction of sp³-hybridized carbons (Fsp3) is 0.333. The van der Waals surface area contributed by atoms with Gasteiger partial charge in [0.1, 0.15) is 30.0 Å². The maximum absolute atomic E-state index is 6.88. The van der Waals surface area contributed by atoms with Crippen LogP contribution in [0.25, 0.3) is 0 Å². The summed E-state index contributed by atoms with van der Waals surface area (Å²) in [5, 5.41) is 0. The average Bonchev–Trinajstić information content (AvgIpc) is 3.44. The van der Waals surface area contributed by atoms with E-state index in [1.807, 2.05) is 54.6 Å². The van der Waals surface area contributed by atoms with Gasteiger partial charge in [-0.25, -0.2) is 0 Å². The van der Waals surface area contributed by atoms with Crippen molar-refractivity contribution in [3.63, 3.8) is 0 Å². The highest BCUT2D eigenvalue weighted by molar-refractivity contribution is 5.47. The topological polar surface area (TPSA) is 46.2 Å². The molecular weight excluding hydrogens is 404 g/mol. The summed E-state index contributed by atoms with van der Waals surface area (Å²) in [6.07, 6.45) is -1.36. The molecule has 5 nitrogen and oxygen atoms in total. The molecule has 2 saturated heterocycles. The van der Waals surface area contributed by atoms with Crippen molar-refractivity contribution in [3.05, 3.63) is 108 Å². The second kappa shape index (κ2) is 9.14. The molecule has 0 spiro atoms. The van der Waals surface area contributed by atoms with Gasteiger partial charge >= 0.3 is 0 Å². The lowest BCUT2D eigenvalue weighted by Gasteiger charge is -2.38. The summed E-state index contributed by atoms with van der Waals surface area (Å²) in [7, 11) is 3.34. The van der Waals surface area contributed by atoms with Gasteiger partial charge in [-0.15, -0.1) is 0 Å². The van der Waals surface area contributed by atoms with Gasteiger partial charge in [-0.05, 0) is 16.7 Å². The minimum atomic E-state index is -0.793. The number of hydrogen-bond acceptors (Lipinski definition) is 5. The van der Waals surface area contributed by atoms with Gasteiger partial charge in [0, 0.05) is 14.2 Å². The molecule has 2 aliphatic rings. The molecule has 5 heteroatoms. The lowest BCUT2D eigenvalue weighted by atomic mass is 9.80. The molecule has 0 unspecified atom stereocenters. The highest BCUT2D eigenvalue weighted by Gasteiger charge is 2.57. The zero-order valence-corrected chi connectivity index (χ0v) is 18.3. The quantitative estimate of drug-likeness (QED) is 0.501. The number of benzene rings is 3.